The van der Waals surface area contributed by atoms with Crippen molar-refractivity contribution >= 4 is 0 Å². The van der Waals surface area contributed by atoms with Crippen molar-refractivity contribution in [2.75, 3.05) is 0 Å². The predicted octanol–water partition coefficient (Wildman–Crippen LogP) is 2.27. The van der Waals surface area contributed by atoms with Gasteiger partial charge in [0.1, 0.15) is 0 Å². The lowest BCUT2D eigenvalue weighted by molar-refractivity contribution is -0.515. The molecule has 2 unspecified atom stereocenters. The molecule has 0 aliphatic heterocycles. The Morgan fingerprint density at radius 2 is 2.23 bits per heavy atom. The molecule has 0 aromatic rings. The first-order valence-corrected chi connectivity index (χ1v) is 4.23. The Kier molecular flexibility index (Phi) is 2.80. The van der Waals surface area contributed by atoms with Gasteiger partial charge in [0.25, 0.3) is 6.04 Å². The maximum Gasteiger partial charge on any atom is 0.266 e. The highest BCUT2D eigenvalue weighted by molar-refractivity contribution is 5.35. The maximum atomic E-state index is 13.1. The second-order valence-corrected chi connectivity index (χ2v) is 3.12. The van der Waals surface area contributed by atoms with Gasteiger partial charge in [0.15, 0.2) is 6.17 Å². The Hall–Kier alpha value is -1.19. The molecule has 0 radical (unpaired) electrons. The highest BCUT2D eigenvalue weighted by Gasteiger charge is 2.31. The fraction of sp³-hybridized carbons (Fsp3) is 0.556. The Balaban J connectivity index is 2.91. The summed E-state index contributed by atoms with van der Waals surface area (Å²) in [5.74, 6) is 0. The van der Waals surface area contributed by atoms with E-state index >= 15 is 0 Å². The van der Waals surface area contributed by atoms with Gasteiger partial charge in [0.2, 0.25) is 0 Å². The summed E-state index contributed by atoms with van der Waals surface area (Å²) < 4.78 is 13.1. The molecule has 0 fully saturated rings. The number of halogens is 1. The second kappa shape index (κ2) is 3.68. The zero-order valence-electron chi connectivity index (χ0n) is 7.66. The standard InChI is InChI=1S/C9H12FNO2/c1-3-7-5-8(10)9(11(12)13)4-6(7)2/h4-5,8-9H,3H2,1-2H3. The van der Waals surface area contributed by atoms with E-state index in [4.69, 9.17) is 0 Å². The number of allylic oxidation sites excluding steroid dienone is 2. The summed E-state index contributed by atoms with van der Waals surface area (Å²) in [7, 11) is 0. The van der Waals surface area contributed by atoms with E-state index in [0.717, 1.165) is 11.1 Å². The summed E-state index contributed by atoms with van der Waals surface area (Å²) in [6.07, 6.45) is 1.98. The van der Waals surface area contributed by atoms with Crippen molar-refractivity contribution in [3.05, 3.63) is 33.4 Å². The van der Waals surface area contributed by atoms with E-state index in [0.29, 0.717) is 6.42 Å². The fourth-order valence-electron chi connectivity index (χ4n) is 1.45. The molecule has 72 valence electrons. The van der Waals surface area contributed by atoms with E-state index in [2.05, 4.69) is 0 Å². The molecule has 0 aromatic carbocycles. The van der Waals surface area contributed by atoms with Crippen molar-refractivity contribution in [3.8, 4) is 0 Å². The number of hydrogen-bond donors (Lipinski definition) is 0. The third-order valence-electron chi connectivity index (χ3n) is 2.24. The van der Waals surface area contributed by atoms with E-state index in [1.54, 1.807) is 6.92 Å². The van der Waals surface area contributed by atoms with Crippen LogP contribution in [0.4, 0.5) is 4.39 Å². The number of hydrogen-bond acceptors (Lipinski definition) is 2. The smallest absolute Gasteiger partial charge is 0.264 e. The third-order valence-corrected chi connectivity index (χ3v) is 2.24. The molecule has 1 aliphatic carbocycles. The Morgan fingerprint density at radius 3 is 2.69 bits per heavy atom. The highest BCUT2D eigenvalue weighted by atomic mass is 19.1. The summed E-state index contributed by atoms with van der Waals surface area (Å²) in [6.45, 7) is 3.68. The van der Waals surface area contributed by atoms with Crippen LogP contribution in [0.15, 0.2) is 23.3 Å². The van der Waals surface area contributed by atoms with Gasteiger partial charge in [-0.25, -0.2) is 4.39 Å². The predicted molar refractivity (Wildman–Crippen MR) is 47.8 cm³/mol. The first-order valence-electron chi connectivity index (χ1n) is 4.23. The molecule has 0 aromatic heterocycles. The molecule has 13 heavy (non-hydrogen) atoms. The Morgan fingerprint density at radius 1 is 1.62 bits per heavy atom. The zero-order chi connectivity index (χ0) is 10.0. The van der Waals surface area contributed by atoms with E-state index < -0.39 is 17.1 Å². The summed E-state index contributed by atoms with van der Waals surface area (Å²) >= 11 is 0. The molecule has 2 atom stereocenters. The average molecular weight is 185 g/mol. The lowest BCUT2D eigenvalue weighted by Crippen LogP contribution is -2.30. The number of nitrogens with zero attached hydrogens (tertiary/aromatic N) is 1. The van der Waals surface area contributed by atoms with Crippen molar-refractivity contribution in [3.63, 3.8) is 0 Å². The van der Waals surface area contributed by atoms with Gasteiger partial charge >= 0.3 is 0 Å². The molecule has 0 spiro atoms. The van der Waals surface area contributed by atoms with Crippen LogP contribution in [0.3, 0.4) is 0 Å². The topological polar surface area (TPSA) is 43.1 Å². The normalized spacial score (nSPS) is 27.9. The van der Waals surface area contributed by atoms with Crippen molar-refractivity contribution in [1.29, 1.82) is 0 Å². The Labute approximate surface area is 76.1 Å². The van der Waals surface area contributed by atoms with E-state index in [1.165, 1.54) is 12.2 Å². The second-order valence-electron chi connectivity index (χ2n) is 3.12. The monoisotopic (exact) mass is 185 g/mol. The maximum absolute atomic E-state index is 13.1. The van der Waals surface area contributed by atoms with E-state index in [1.807, 2.05) is 6.92 Å². The highest BCUT2D eigenvalue weighted by Crippen LogP contribution is 2.24. The molecule has 0 amide bonds. The van der Waals surface area contributed by atoms with Gasteiger partial charge in [-0.1, -0.05) is 6.92 Å². The van der Waals surface area contributed by atoms with Crippen molar-refractivity contribution in [2.24, 2.45) is 0 Å². The first-order chi connectivity index (χ1) is 6.06. The zero-order valence-corrected chi connectivity index (χ0v) is 7.66. The van der Waals surface area contributed by atoms with Crippen LogP contribution >= 0.6 is 0 Å². The van der Waals surface area contributed by atoms with Crippen LogP contribution in [0.5, 0.6) is 0 Å². The minimum atomic E-state index is -1.48. The summed E-state index contributed by atoms with van der Waals surface area (Å²) in [6, 6.07) is -1.20. The van der Waals surface area contributed by atoms with Crippen molar-refractivity contribution in [2.45, 2.75) is 32.5 Å². The van der Waals surface area contributed by atoms with Gasteiger partial charge < -0.3 is 0 Å². The lowest BCUT2D eigenvalue weighted by Gasteiger charge is -2.16. The third kappa shape index (κ3) is 1.94. The van der Waals surface area contributed by atoms with Crippen molar-refractivity contribution in [1.82, 2.24) is 0 Å². The van der Waals surface area contributed by atoms with Crippen LogP contribution in [0.2, 0.25) is 0 Å². The van der Waals surface area contributed by atoms with Crippen LogP contribution in [0.25, 0.3) is 0 Å². The Bertz CT molecular complexity index is 283. The van der Waals surface area contributed by atoms with Gasteiger partial charge in [-0.3, -0.25) is 10.1 Å². The largest absolute Gasteiger partial charge is 0.266 e. The molecular formula is C9H12FNO2. The van der Waals surface area contributed by atoms with Crippen molar-refractivity contribution < 1.29 is 9.31 Å². The minimum Gasteiger partial charge on any atom is -0.264 e. The molecule has 0 bridgehead atoms. The van der Waals surface area contributed by atoms with Crippen LogP contribution in [0.1, 0.15) is 20.3 Å². The number of alkyl halides is 1. The molecule has 0 saturated heterocycles. The van der Waals surface area contributed by atoms with Crippen LogP contribution in [0, 0.1) is 10.1 Å². The van der Waals surface area contributed by atoms with Gasteiger partial charge in [0.05, 0.1) is 0 Å². The lowest BCUT2D eigenvalue weighted by atomic mass is 9.93. The van der Waals surface area contributed by atoms with E-state index in [9.17, 15) is 14.5 Å². The van der Waals surface area contributed by atoms with Crippen LogP contribution in [-0.4, -0.2) is 17.1 Å². The number of nitro groups is 1. The molecule has 0 N–H and O–H groups in total. The van der Waals surface area contributed by atoms with Gasteiger partial charge in [-0.2, -0.15) is 0 Å². The average Bonchev–Trinajstić information content (AvgIpc) is 2.07. The summed E-state index contributed by atoms with van der Waals surface area (Å²) in [5, 5.41) is 10.4. The van der Waals surface area contributed by atoms with Gasteiger partial charge in [-0.15, -0.1) is 0 Å². The molecular weight excluding hydrogens is 173 g/mol. The van der Waals surface area contributed by atoms with Gasteiger partial charge in [-0.05, 0) is 36.6 Å². The SMILES string of the molecule is CCC1=CC(F)C([N+](=O)[O-])C=C1C. The van der Waals surface area contributed by atoms with E-state index in [-0.39, 0.29) is 0 Å². The number of rotatable bonds is 2. The molecule has 1 rings (SSSR count). The molecule has 0 heterocycles. The molecule has 0 saturated carbocycles. The summed E-state index contributed by atoms with van der Waals surface area (Å²) in [5.41, 5.74) is 1.68. The van der Waals surface area contributed by atoms with Gasteiger partial charge in [0, 0.05) is 4.92 Å². The van der Waals surface area contributed by atoms with Crippen LogP contribution < -0.4 is 0 Å². The summed E-state index contributed by atoms with van der Waals surface area (Å²) in [4.78, 5) is 9.81. The van der Waals surface area contributed by atoms with Crippen LogP contribution in [-0.2, 0) is 0 Å². The molecule has 1 aliphatic rings. The minimum absolute atomic E-state index is 0.586. The molecule has 3 nitrogen and oxygen atoms in total. The quantitative estimate of drug-likeness (QED) is 0.489. The first kappa shape index (κ1) is 9.89. The molecule has 4 heteroatoms. The fourth-order valence-corrected chi connectivity index (χ4v) is 1.45.